The highest BCUT2D eigenvalue weighted by Crippen LogP contribution is 2.08. The third-order valence-electron chi connectivity index (χ3n) is 3.25. The van der Waals surface area contributed by atoms with Gasteiger partial charge >= 0.3 is 5.97 Å². The maximum Gasteiger partial charge on any atom is 0.306 e. The Kier molecular flexibility index (Phi) is 7.84. The molecule has 2 rings (SSSR count). The van der Waals surface area contributed by atoms with Crippen molar-refractivity contribution in [3.63, 3.8) is 0 Å². The van der Waals surface area contributed by atoms with Crippen molar-refractivity contribution in [1.29, 1.82) is 0 Å². The first-order chi connectivity index (χ1) is 11.8. The zero-order chi connectivity index (χ0) is 17.0. The van der Waals surface area contributed by atoms with Crippen LogP contribution in [0.3, 0.4) is 0 Å². The summed E-state index contributed by atoms with van der Waals surface area (Å²) < 4.78 is 6.91. The molecule has 0 amide bonds. The molecule has 0 atom stereocenters. The maximum atomic E-state index is 11.7. The number of ether oxygens (including phenoxy) is 1. The van der Waals surface area contributed by atoms with Gasteiger partial charge in [0, 0.05) is 24.6 Å². The van der Waals surface area contributed by atoms with Gasteiger partial charge in [0.05, 0.1) is 12.7 Å². The van der Waals surface area contributed by atoms with Crippen LogP contribution in [-0.2, 0) is 22.7 Å². The molecule has 24 heavy (non-hydrogen) atoms. The lowest BCUT2D eigenvalue weighted by Gasteiger charge is -2.02. The van der Waals surface area contributed by atoms with Crippen LogP contribution >= 0.6 is 11.8 Å². The minimum atomic E-state index is -0.207. The number of aromatic nitrogens is 4. The molecular weight excluding hydrogens is 324 g/mol. The van der Waals surface area contributed by atoms with Crippen LogP contribution in [0.5, 0.6) is 0 Å². The first-order valence-corrected chi connectivity index (χ1v) is 8.77. The number of hydrogen-bond acceptors (Lipinski definition) is 6. The van der Waals surface area contributed by atoms with Gasteiger partial charge in [0.15, 0.2) is 0 Å². The fourth-order valence-corrected chi connectivity index (χ4v) is 2.53. The van der Waals surface area contributed by atoms with E-state index in [2.05, 4.69) is 20.5 Å². The molecule has 0 radical (unpaired) electrons. The molecule has 0 aliphatic carbocycles. The summed E-state index contributed by atoms with van der Waals surface area (Å²) in [5.41, 5.74) is 1.67. The number of hydrogen-bond donors (Lipinski definition) is 0. The number of carbonyl (C=O) groups is 1. The molecule has 2 heterocycles. The van der Waals surface area contributed by atoms with Gasteiger partial charge in [-0.1, -0.05) is 29.5 Å². The van der Waals surface area contributed by atoms with Crippen molar-refractivity contribution in [2.75, 3.05) is 5.75 Å². The lowest BCUT2D eigenvalue weighted by molar-refractivity contribution is -0.145. The smallest absolute Gasteiger partial charge is 0.306 e. The normalized spacial score (nSPS) is 10.3. The van der Waals surface area contributed by atoms with Crippen LogP contribution in [0.25, 0.3) is 0 Å². The number of terminal acetylenes is 1. The van der Waals surface area contributed by atoms with E-state index in [-0.39, 0.29) is 12.6 Å². The zero-order valence-corrected chi connectivity index (χ0v) is 14.2. The lowest BCUT2D eigenvalue weighted by atomic mass is 10.2. The molecule has 7 heteroatoms. The summed E-state index contributed by atoms with van der Waals surface area (Å²) in [6.07, 6.45) is 13.7. The van der Waals surface area contributed by atoms with E-state index in [9.17, 15) is 4.79 Å². The molecule has 0 aliphatic heterocycles. The molecule has 0 bridgehead atoms. The van der Waals surface area contributed by atoms with Crippen molar-refractivity contribution in [2.45, 2.75) is 38.8 Å². The first kappa shape index (κ1) is 18.0. The van der Waals surface area contributed by atoms with Gasteiger partial charge in [-0.15, -0.1) is 11.5 Å². The number of thioether (sulfide) groups is 1. The predicted molar refractivity (Wildman–Crippen MR) is 92.9 cm³/mol. The fraction of sp³-hybridized carbons (Fsp3) is 0.412. The molecule has 126 valence electrons. The third kappa shape index (κ3) is 6.84. The average molecular weight is 344 g/mol. The summed E-state index contributed by atoms with van der Waals surface area (Å²) in [5, 5.41) is 10.6. The predicted octanol–water partition coefficient (Wildman–Crippen LogP) is 2.65. The largest absolute Gasteiger partial charge is 0.459 e. The van der Waals surface area contributed by atoms with Crippen LogP contribution in [0.4, 0.5) is 0 Å². The van der Waals surface area contributed by atoms with Crippen molar-refractivity contribution in [3.05, 3.63) is 42.0 Å². The number of pyridine rings is 1. The Hall–Kier alpha value is -2.33. The molecule has 2 aromatic heterocycles. The molecule has 2 aromatic rings. The van der Waals surface area contributed by atoms with E-state index in [4.69, 9.17) is 11.2 Å². The molecule has 0 saturated carbocycles. The van der Waals surface area contributed by atoms with Crippen molar-refractivity contribution < 1.29 is 9.53 Å². The zero-order valence-electron chi connectivity index (χ0n) is 13.4. The molecular formula is C17H20N4O2S. The standard InChI is InChI=1S/C17H20N4O2S/c1-2-24-10-5-3-4-8-17(22)23-14-16-13-21(20-19-16)12-15-7-6-9-18-11-15/h1,6-7,9,11,13H,3-5,8,10,12,14H2. The minimum absolute atomic E-state index is 0.152. The van der Waals surface area contributed by atoms with Gasteiger partial charge in [0.25, 0.3) is 0 Å². The van der Waals surface area contributed by atoms with Crippen LogP contribution < -0.4 is 0 Å². The van der Waals surface area contributed by atoms with E-state index in [0.29, 0.717) is 18.7 Å². The summed E-state index contributed by atoms with van der Waals surface area (Å²) in [7, 11) is 0. The van der Waals surface area contributed by atoms with E-state index in [1.54, 1.807) is 23.3 Å². The minimum Gasteiger partial charge on any atom is -0.459 e. The van der Waals surface area contributed by atoms with E-state index >= 15 is 0 Å². The quantitative estimate of drug-likeness (QED) is 0.375. The Balaban J connectivity index is 1.64. The van der Waals surface area contributed by atoms with Crippen molar-refractivity contribution in [1.82, 2.24) is 20.0 Å². The fourth-order valence-electron chi connectivity index (χ4n) is 2.07. The molecule has 0 aliphatic rings. The van der Waals surface area contributed by atoms with Crippen LogP contribution in [0, 0.1) is 11.7 Å². The van der Waals surface area contributed by atoms with Crippen LogP contribution in [0.2, 0.25) is 0 Å². The van der Waals surface area contributed by atoms with Gasteiger partial charge in [-0.05, 0) is 29.7 Å². The number of esters is 1. The number of rotatable bonds is 10. The Morgan fingerprint density at radius 1 is 1.38 bits per heavy atom. The average Bonchev–Trinajstić information content (AvgIpc) is 3.04. The highest BCUT2D eigenvalue weighted by Gasteiger charge is 2.06. The molecule has 0 fully saturated rings. The Labute approximate surface area is 146 Å². The second-order valence-electron chi connectivity index (χ2n) is 5.21. The lowest BCUT2D eigenvalue weighted by Crippen LogP contribution is -2.04. The number of nitrogens with zero attached hydrogens (tertiary/aromatic N) is 4. The number of carbonyl (C=O) groups excluding carboxylic acids is 1. The topological polar surface area (TPSA) is 69.9 Å². The van der Waals surface area contributed by atoms with Gasteiger partial charge in [0.1, 0.15) is 12.3 Å². The van der Waals surface area contributed by atoms with Crippen molar-refractivity contribution >= 4 is 17.7 Å². The summed E-state index contributed by atoms with van der Waals surface area (Å²) in [6, 6.07) is 3.84. The monoisotopic (exact) mass is 344 g/mol. The van der Waals surface area contributed by atoms with E-state index in [1.807, 2.05) is 12.1 Å². The van der Waals surface area contributed by atoms with E-state index in [0.717, 1.165) is 30.6 Å². The van der Waals surface area contributed by atoms with Crippen LogP contribution in [-0.4, -0.2) is 31.7 Å². The van der Waals surface area contributed by atoms with Gasteiger partial charge in [0.2, 0.25) is 0 Å². The molecule has 6 nitrogen and oxygen atoms in total. The summed E-state index contributed by atoms with van der Waals surface area (Å²) >= 11 is 1.47. The molecule has 0 unspecified atom stereocenters. The second kappa shape index (κ2) is 10.4. The third-order valence-corrected chi connectivity index (χ3v) is 3.90. The van der Waals surface area contributed by atoms with Gasteiger partial charge in [-0.3, -0.25) is 9.78 Å². The maximum absolute atomic E-state index is 11.7. The highest BCUT2D eigenvalue weighted by atomic mass is 32.2. The SMILES string of the molecule is C#CSCCCCCC(=O)OCc1cn(Cc2cccnc2)nn1. The second-order valence-corrected chi connectivity index (χ2v) is 6.14. The van der Waals surface area contributed by atoms with Crippen LogP contribution in [0.1, 0.15) is 36.9 Å². The molecule has 0 N–H and O–H groups in total. The highest BCUT2D eigenvalue weighted by molar-refractivity contribution is 8.03. The molecule has 0 spiro atoms. The Morgan fingerprint density at radius 3 is 3.08 bits per heavy atom. The summed E-state index contributed by atoms with van der Waals surface area (Å²) in [5.74, 6) is 0.729. The van der Waals surface area contributed by atoms with Crippen molar-refractivity contribution in [3.8, 4) is 11.7 Å². The first-order valence-electron chi connectivity index (χ1n) is 7.79. The van der Waals surface area contributed by atoms with E-state index in [1.165, 1.54) is 11.8 Å². The Bertz CT molecular complexity index is 667. The molecule has 0 aromatic carbocycles. The summed E-state index contributed by atoms with van der Waals surface area (Å²) in [4.78, 5) is 15.7. The van der Waals surface area contributed by atoms with Crippen LogP contribution in [0.15, 0.2) is 30.7 Å². The van der Waals surface area contributed by atoms with Gasteiger partial charge in [-0.2, -0.15) is 0 Å². The van der Waals surface area contributed by atoms with Crippen molar-refractivity contribution in [2.24, 2.45) is 0 Å². The van der Waals surface area contributed by atoms with Gasteiger partial charge < -0.3 is 4.74 Å². The number of unbranched alkanes of at least 4 members (excludes halogenated alkanes) is 2. The van der Waals surface area contributed by atoms with Gasteiger partial charge in [-0.25, -0.2) is 4.68 Å². The van der Waals surface area contributed by atoms with E-state index < -0.39 is 0 Å². The molecule has 0 saturated heterocycles. The Morgan fingerprint density at radius 2 is 2.29 bits per heavy atom. The summed E-state index contributed by atoms with van der Waals surface area (Å²) in [6.45, 7) is 0.739.